The largest absolute Gasteiger partial charge is 0.497 e. The maximum Gasteiger partial charge on any atom is 0.339 e. The highest BCUT2D eigenvalue weighted by molar-refractivity contribution is 6.26. The van der Waals surface area contributed by atoms with Crippen LogP contribution in [0.15, 0.2) is 60.8 Å². The summed E-state index contributed by atoms with van der Waals surface area (Å²) < 4.78 is 6.99. The van der Waals surface area contributed by atoms with E-state index in [4.69, 9.17) is 4.74 Å². The van der Waals surface area contributed by atoms with Crippen LogP contribution in [0.4, 0.5) is 5.69 Å². The summed E-state index contributed by atoms with van der Waals surface area (Å²) in [5.74, 6) is -0.0320. The summed E-state index contributed by atoms with van der Waals surface area (Å²) in [4.78, 5) is 26.9. The second-order valence-corrected chi connectivity index (χ2v) is 8.51. The van der Waals surface area contributed by atoms with E-state index >= 15 is 0 Å². The lowest BCUT2D eigenvalue weighted by Crippen LogP contribution is -2.26. The van der Waals surface area contributed by atoms with Gasteiger partial charge in [-0.1, -0.05) is 24.3 Å². The molecule has 1 amide bonds. The molecule has 4 aromatic rings. The molecule has 2 heterocycles. The van der Waals surface area contributed by atoms with E-state index in [0.717, 1.165) is 52.0 Å². The van der Waals surface area contributed by atoms with E-state index in [0.29, 0.717) is 12.1 Å². The maximum absolute atomic E-state index is 13.3. The fourth-order valence-electron chi connectivity index (χ4n) is 4.75. The molecule has 0 unspecified atom stereocenters. The molecule has 0 spiro atoms. The van der Waals surface area contributed by atoms with Crippen molar-refractivity contribution >= 4 is 28.3 Å². The van der Waals surface area contributed by atoms with Gasteiger partial charge in [0, 0.05) is 22.3 Å². The van der Waals surface area contributed by atoms with Crippen molar-refractivity contribution in [1.29, 1.82) is 0 Å². The van der Waals surface area contributed by atoms with Gasteiger partial charge in [-0.2, -0.15) is 5.10 Å². The number of hydrogen-bond acceptors (Lipinski definition) is 4. The summed E-state index contributed by atoms with van der Waals surface area (Å²) in [6.45, 7) is 0.449. The van der Waals surface area contributed by atoms with Crippen LogP contribution in [0.2, 0.25) is 0 Å². The fourth-order valence-corrected chi connectivity index (χ4v) is 4.75. The molecule has 164 valence electrons. The molecule has 6 rings (SSSR count). The van der Waals surface area contributed by atoms with Crippen molar-refractivity contribution in [2.24, 2.45) is 0 Å². The summed E-state index contributed by atoms with van der Waals surface area (Å²) in [5.41, 5.74) is 4.29. The number of benzene rings is 3. The Balaban J connectivity index is 1.47. The van der Waals surface area contributed by atoms with E-state index in [1.165, 1.54) is 6.20 Å². The average Bonchev–Trinajstić information content (AvgIpc) is 3.52. The molecule has 0 radical (unpaired) electrons. The van der Waals surface area contributed by atoms with E-state index < -0.39 is 5.97 Å². The monoisotopic (exact) mass is 439 g/mol. The van der Waals surface area contributed by atoms with E-state index in [2.05, 4.69) is 5.10 Å². The molecule has 1 aliphatic heterocycles. The molecular formula is C26H21N3O4. The Morgan fingerprint density at radius 3 is 2.55 bits per heavy atom. The van der Waals surface area contributed by atoms with Gasteiger partial charge in [-0.05, 0) is 48.7 Å². The first-order valence-electron chi connectivity index (χ1n) is 10.9. The van der Waals surface area contributed by atoms with Crippen LogP contribution in [0.5, 0.6) is 5.75 Å². The molecule has 3 aromatic carbocycles. The predicted molar refractivity (Wildman–Crippen MR) is 124 cm³/mol. The zero-order chi connectivity index (χ0) is 22.7. The molecule has 1 N–H and O–H groups in total. The number of methoxy groups -OCH3 is 1. The molecule has 2 aliphatic rings. The minimum atomic E-state index is -0.963. The van der Waals surface area contributed by atoms with Crippen molar-refractivity contribution < 1.29 is 19.4 Å². The van der Waals surface area contributed by atoms with E-state index in [1.54, 1.807) is 16.7 Å². The van der Waals surface area contributed by atoms with Crippen LogP contribution in [0.1, 0.15) is 50.7 Å². The molecular weight excluding hydrogens is 418 g/mol. The zero-order valence-corrected chi connectivity index (χ0v) is 18.0. The second kappa shape index (κ2) is 7.20. The van der Waals surface area contributed by atoms with Crippen LogP contribution >= 0.6 is 0 Å². The summed E-state index contributed by atoms with van der Waals surface area (Å²) >= 11 is 0. The van der Waals surface area contributed by atoms with Crippen molar-refractivity contribution in [1.82, 2.24) is 9.78 Å². The number of carboxylic acids is 1. The number of ether oxygens (including phenoxy) is 1. The third-order valence-electron chi connectivity index (χ3n) is 6.49. The first-order valence-corrected chi connectivity index (χ1v) is 10.9. The quantitative estimate of drug-likeness (QED) is 0.468. The lowest BCUT2D eigenvalue weighted by molar-refractivity contribution is 0.0695. The number of rotatable bonds is 6. The second-order valence-electron chi connectivity index (χ2n) is 8.51. The smallest absolute Gasteiger partial charge is 0.339 e. The number of anilines is 1. The molecule has 7 heteroatoms. The Hall–Kier alpha value is -4.13. The van der Waals surface area contributed by atoms with Gasteiger partial charge in [-0.25, -0.2) is 9.48 Å². The molecule has 0 atom stereocenters. The third kappa shape index (κ3) is 3.00. The van der Waals surface area contributed by atoms with E-state index in [1.807, 2.05) is 54.6 Å². The number of carbonyl (C=O) groups is 2. The van der Waals surface area contributed by atoms with Crippen molar-refractivity contribution in [2.45, 2.75) is 25.3 Å². The van der Waals surface area contributed by atoms with Gasteiger partial charge < -0.3 is 14.7 Å². The lowest BCUT2D eigenvalue weighted by atomic mass is 10.0. The third-order valence-corrected chi connectivity index (χ3v) is 6.49. The van der Waals surface area contributed by atoms with E-state index in [-0.39, 0.29) is 17.4 Å². The minimum absolute atomic E-state index is 0.0438. The number of aromatic carboxylic acids is 1. The standard InChI is InChI=1S/C26H21N3O4/c1-33-17-9-5-15(6-10-17)14-28-22-12-11-21(18-3-2-4-19(23(18)22)25(28)30)29-24(16-7-8-16)20(13-27-29)26(31)32/h2-6,9-13,16H,7-8,14H2,1H3,(H,31,32). The van der Waals surface area contributed by atoms with Crippen molar-refractivity contribution in [2.75, 3.05) is 12.0 Å². The number of carbonyl (C=O) groups excluding carboxylic acids is 1. The Labute approximate surface area is 189 Å². The Bertz CT molecular complexity index is 1430. The Morgan fingerprint density at radius 1 is 1.09 bits per heavy atom. The molecule has 33 heavy (non-hydrogen) atoms. The highest BCUT2D eigenvalue weighted by atomic mass is 16.5. The number of carboxylic acid groups (broad SMARTS) is 1. The highest BCUT2D eigenvalue weighted by Crippen LogP contribution is 2.45. The molecule has 1 saturated carbocycles. The number of aromatic nitrogens is 2. The first-order chi connectivity index (χ1) is 16.1. The van der Waals surface area contributed by atoms with Gasteiger partial charge in [-0.3, -0.25) is 4.79 Å². The van der Waals surface area contributed by atoms with Crippen molar-refractivity contribution in [3.8, 4) is 11.4 Å². The topological polar surface area (TPSA) is 84.7 Å². The molecule has 0 saturated heterocycles. The first kappa shape index (κ1) is 19.5. The Morgan fingerprint density at radius 2 is 1.85 bits per heavy atom. The maximum atomic E-state index is 13.3. The van der Waals surface area contributed by atoms with Crippen LogP contribution in [0, 0.1) is 0 Å². The average molecular weight is 439 g/mol. The molecule has 7 nitrogen and oxygen atoms in total. The van der Waals surface area contributed by atoms with Gasteiger partial charge in [0.2, 0.25) is 0 Å². The van der Waals surface area contributed by atoms with E-state index in [9.17, 15) is 14.7 Å². The van der Waals surface area contributed by atoms with Crippen molar-refractivity contribution in [3.63, 3.8) is 0 Å². The Kier molecular flexibility index (Phi) is 4.26. The SMILES string of the molecule is COc1ccc(CN2C(=O)c3cccc4c(-n5ncc(C(=O)O)c5C5CC5)ccc2c34)cc1. The summed E-state index contributed by atoms with van der Waals surface area (Å²) in [6.07, 6.45) is 3.35. The number of hydrogen-bond donors (Lipinski definition) is 1. The number of amides is 1. The van der Waals surface area contributed by atoms with Gasteiger partial charge in [0.1, 0.15) is 11.3 Å². The highest BCUT2D eigenvalue weighted by Gasteiger charge is 2.35. The summed E-state index contributed by atoms with van der Waals surface area (Å²) in [6, 6.07) is 17.3. The number of nitrogens with zero attached hydrogens (tertiary/aromatic N) is 3. The summed E-state index contributed by atoms with van der Waals surface area (Å²) in [7, 11) is 1.63. The molecule has 1 aromatic heterocycles. The molecule has 1 aliphatic carbocycles. The fraction of sp³-hybridized carbons (Fsp3) is 0.192. The molecule has 0 bridgehead atoms. The lowest BCUT2D eigenvalue weighted by Gasteiger charge is -2.19. The predicted octanol–water partition coefficient (Wildman–Crippen LogP) is 4.77. The van der Waals surface area contributed by atoms with Crippen LogP contribution in [0.3, 0.4) is 0 Å². The zero-order valence-electron chi connectivity index (χ0n) is 18.0. The van der Waals surface area contributed by atoms with Crippen LogP contribution in [-0.4, -0.2) is 33.9 Å². The summed E-state index contributed by atoms with van der Waals surface area (Å²) in [5, 5.41) is 15.9. The van der Waals surface area contributed by atoms with Crippen molar-refractivity contribution in [3.05, 3.63) is 83.2 Å². The van der Waals surface area contributed by atoms with Gasteiger partial charge in [0.15, 0.2) is 0 Å². The van der Waals surface area contributed by atoms with Crippen LogP contribution in [-0.2, 0) is 6.54 Å². The van der Waals surface area contributed by atoms with Crippen LogP contribution in [0.25, 0.3) is 16.5 Å². The normalized spacial score (nSPS) is 14.8. The van der Waals surface area contributed by atoms with Gasteiger partial charge >= 0.3 is 5.97 Å². The van der Waals surface area contributed by atoms with Crippen LogP contribution < -0.4 is 9.64 Å². The minimum Gasteiger partial charge on any atom is -0.497 e. The van der Waals surface area contributed by atoms with Gasteiger partial charge in [0.25, 0.3) is 5.91 Å². The van der Waals surface area contributed by atoms with Gasteiger partial charge in [-0.15, -0.1) is 0 Å². The van der Waals surface area contributed by atoms with Gasteiger partial charge in [0.05, 0.1) is 36.9 Å². The molecule has 1 fully saturated rings.